The van der Waals surface area contributed by atoms with Crippen molar-refractivity contribution in [2.45, 2.75) is 26.1 Å². The molecule has 0 amide bonds. The lowest BCUT2D eigenvalue weighted by molar-refractivity contribution is -0.141. The Balaban J connectivity index is 2.78. The topological polar surface area (TPSA) is 72.0 Å². The number of hydrogen-bond donors (Lipinski definition) is 1. The number of alkyl halides is 3. The third-order valence-corrected chi connectivity index (χ3v) is 4.15. The summed E-state index contributed by atoms with van der Waals surface area (Å²) < 4.78 is 60.0. The van der Waals surface area contributed by atoms with E-state index in [2.05, 4.69) is 15.3 Å². The molecular weight excluding hydrogens is 283 g/mol. The summed E-state index contributed by atoms with van der Waals surface area (Å²) >= 11 is 0. The first kappa shape index (κ1) is 15.7. The van der Waals surface area contributed by atoms with E-state index in [4.69, 9.17) is 0 Å². The Morgan fingerprint density at radius 2 is 2.05 bits per heavy atom. The summed E-state index contributed by atoms with van der Waals surface area (Å²) in [5.41, 5.74) is -1.07. The van der Waals surface area contributed by atoms with Crippen molar-refractivity contribution in [2.75, 3.05) is 16.8 Å². The molecule has 0 bridgehead atoms. The molecule has 0 spiro atoms. The molecule has 1 aromatic rings. The second kappa shape index (κ2) is 5.72. The van der Waals surface area contributed by atoms with Crippen molar-refractivity contribution in [2.24, 2.45) is 0 Å². The zero-order valence-electron chi connectivity index (χ0n) is 10.4. The Labute approximate surface area is 109 Å². The molecule has 0 saturated carbocycles. The maximum Gasteiger partial charge on any atom is 0.433 e. The first-order valence-corrected chi connectivity index (χ1v) is 7.33. The quantitative estimate of drug-likeness (QED) is 0.896. The van der Waals surface area contributed by atoms with Gasteiger partial charge < -0.3 is 5.32 Å². The largest absolute Gasteiger partial charge is 0.433 e. The van der Waals surface area contributed by atoms with Crippen molar-refractivity contribution in [3.63, 3.8) is 0 Å². The van der Waals surface area contributed by atoms with Crippen LogP contribution in [0.5, 0.6) is 0 Å². The summed E-state index contributed by atoms with van der Waals surface area (Å²) in [6, 6.07) is 0.173. The number of halogens is 3. The first-order valence-electron chi connectivity index (χ1n) is 5.51. The van der Waals surface area contributed by atoms with E-state index in [1.54, 1.807) is 0 Å². The molecular formula is C10H14F3N3O2S. The van der Waals surface area contributed by atoms with Gasteiger partial charge >= 0.3 is 6.18 Å². The summed E-state index contributed by atoms with van der Waals surface area (Å²) in [4.78, 5) is 6.93. The number of nitrogens with zero attached hydrogens (tertiary/aromatic N) is 2. The van der Waals surface area contributed by atoms with Crippen LogP contribution < -0.4 is 5.32 Å². The zero-order valence-corrected chi connectivity index (χ0v) is 11.2. The van der Waals surface area contributed by atoms with Crippen molar-refractivity contribution in [3.05, 3.63) is 18.0 Å². The molecule has 0 radical (unpaired) electrons. The lowest BCUT2D eigenvalue weighted by atomic mass is 10.4. The molecule has 9 heteroatoms. The molecule has 0 fully saturated rings. The smallest absolute Gasteiger partial charge is 0.351 e. The van der Waals surface area contributed by atoms with Gasteiger partial charge in [-0.05, 0) is 13.0 Å². The van der Waals surface area contributed by atoms with Crippen molar-refractivity contribution < 1.29 is 21.6 Å². The fourth-order valence-electron chi connectivity index (χ4n) is 1.35. The maximum absolute atomic E-state index is 12.4. The van der Waals surface area contributed by atoms with Gasteiger partial charge in [0.05, 0.1) is 5.75 Å². The SMILES string of the molecule is CCS(=O)(=O)C[C@H](C)Nc1nccc(C(F)(F)F)n1. The third kappa shape index (κ3) is 5.01. The van der Waals surface area contributed by atoms with Gasteiger partial charge in [0, 0.05) is 18.0 Å². The van der Waals surface area contributed by atoms with Gasteiger partial charge in [0.1, 0.15) is 5.69 Å². The molecule has 0 aromatic carbocycles. The lowest BCUT2D eigenvalue weighted by Gasteiger charge is -2.14. The molecule has 1 N–H and O–H groups in total. The molecule has 0 aliphatic rings. The molecule has 19 heavy (non-hydrogen) atoms. The van der Waals surface area contributed by atoms with Crippen molar-refractivity contribution in [3.8, 4) is 0 Å². The van der Waals surface area contributed by atoms with Crippen molar-refractivity contribution in [1.82, 2.24) is 9.97 Å². The van der Waals surface area contributed by atoms with Crippen LogP contribution in [0.25, 0.3) is 0 Å². The number of aromatic nitrogens is 2. The van der Waals surface area contributed by atoms with Gasteiger partial charge in [-0.15, -0.1) is 0 Å². The average molecular weight is 297 g/mol. The summed E-state index contributed by atoms with van der Waals surface area (Å²) in [5, 5.41) is 2.54. The van der Waals surface area contributed by atoms with Gasteiger partial charge in [-0.25, -0.2) is 18.4 Å². The van der Waals surface area contributed by atoms with E-state index in [1.165, 1.54) is 13.8 Å². The van der Waals surface area contributed by atoms with Crippen LogP contribution in [0.2, 0.25) is 0 Å². The molecule has 0 aliphatic carbocycles. The van der Waals surface area contributed by atoms with E-state index < -0.39 is 27.7 Å². The molecule has 0 unspecified atom stereocenters. The first-order chi connectivity index (χ1) is 8.64. The van der Waals surface area contributed by atoms with Crippen LogP contribution in [0.15, 0.2) is 12.3 Å². The molecule has 1 heterocycles. The minimum Gasteiger partial charge on any atom is -0.351 e. The van der Waals surface area contributed by atoms with E-state index in [-0.39, 0.29) is 17.5 Å². The Kier molecular flexibility index (Phi) is 4.72. The molecule has 1 atom stereocenters. The number of anilines is 1. The molecule has 0 aliphatic heterocycles. The second-order valence-electron chi connectivity index (χ2n) is 4.01. The van der Waals surface area contributed by atoms with Gasteiger partial charge in [-0.1, -0.05) is 6.92 Å². The fourth-order valence-corrected chi connectivity index (χ4v) is 2.43. The summed E-state index contributed by atoms with van der Waals surface area (Å²) in [7, 11) is -3.22. The number of nitrogens with one attached hydrogen (secondary N) is 1. The minimum absolute atomic E-state index is 0.0253. The van der Waals surface area contributed by atoms with Crippen LogP contribution in [0, 0.1) is 0 Å². The number of rotatable bonds is 5. The van der Waals surface area contributed by atoms with Crippen LogP contribution in [-0.2, 0) is 16.0 Å². The zero-order chi connectivity index (χ0) is 14.7. The second-order valence-corrected chi connectivity index (χ2v) is 6.41. The Morgan fingerprint density at radius 1 is 1.42 bits per heavy atom. The molecule has 0 saturated heterocycles. The van der Waals surface area contributed by atoms with Gasteiger partial charge in [-0.2, -0.15) is 13.2 Å². The van der Waals surface area contributed by atoms with E-state index in [0.717, 1.165) is 12.3 Å². The Hall–Kier alpha value is -1.38. The van der Waals surface area contributed by atoms with Gasteiger partial charge in [-0.3, -0.25) is 0 Å². The lowest BCUT2D eigenvalue weighted by Crippen LogP contribution is -2.28. The Bertz CT molecular complexity index is 531. The van der Waals surface area contributed by atoms with E-state index in [0.29, 0.717) is 0 Å². The molecule has 5 nitrogen and oxygen atoms in total. The fraction of sp³-hybridized carbons (Fsp3) is 0.600. The summed E-state index contributed by atoms with van der Waals surface area (Å²) in [6.07, 6.45) is -3.59. The maximum atomic E-state index is 12.4. The highest BCUT2D eigenvalue weighted by Gasteiger charge is 2.32. The highest BCUT2D eigenvalue weighted by atomic mass is 32.2. The van der Waals surface area contributed by atoms with Crippen molar-refractivity contribution >= 4 is 15.8 Å². The van der Waals surface area contributed by atoms with Crippen molar-refractivity contribution in [1.29, 1.82) is 0 Å². The number of sulfone groups is 1. The molecule has 1 aromatic heterocycles. The van der Waals surface area contributed by atoms with Crippen LogP contribution in [0.1, 0.15) is 19.5 Å². The molecule has 1 rings (SSSR count). The van der Waals surface area contributed by atoms with Gasteiger partial charge in [0.15, 0.2) is 9.84 Å². The predicted molar refractivity (Wildman–Crippen MR) is 64.4 cm³/mol. The highest BCUT2D eigenvalue weighted by molar-refractivity contribution is 7.91. The number of hydrogen-bond acceptors (Lipinski definition) is 5. The summed E-state index contributed by atoms with van der Waals surface area (Å²) in [6.45, 7) is 3.04. The normalized spacial score (nSPS) is 14.2. The van der Waals surface area contributed by atoms with Crippen LogP contribution in [0.3, 0.4) is 0 Å². The predicted octanol–water partition coefficient (Wildman–Crippen LogP) is 1.73. The average Bonchev–Trinajstić information content (AvgIpc) is 2.27. The van der Waals surface area contributed by atoms with E-state index >= 15 is 0 Å². The monoisotopic (exact) mass is 297 g/mol. The van der Waals surface area contributed by atoms with Crippen LogP contribution >= 0.6 is 0 Å². The third-order valence-electron chi connectivity index (χ3n) is 2.27. The standard InChI is InChI=1S/C10H14F3N3O2S/c1-3-19(17,18)6-7(2)15-9-14-5-4-8(16-9)10(11,12)13/h4-5,7H,3,6H2,1-2H3,(H,14,15,16)/t7-/m0/s1. The summed E-state index contributed by atoms with van der Waals surface area (Å²) in [5.74, 6) is -0.459. The van der Waals surface area contributed by atoms with Gasteiger partial charge in [0.25, 0.3) is 0 Å². The minimum atomic E-state index is -4.56. The van der Waals surface area contributed by atoms with Gasteiger partial charge in [0.2, 0.25) is 5.95 Å². The highest BCUT2D eigenvalue weighted by Crippen LogP contribution is 2.27. The van der Waals surface area contributed by atoms with Crippen LogP contribution in [0.4, 0.5) is 19.1 Å². The molecule has 108 valence electrons. The Morgan fingerprint density at radius 3 is 2.58 bits per heavy atom. The van der Waals surface area contributed by atoms with Crippen LogP contribution in [-0.4, -0.2) is 35.9 Å². The van der Waals surface area contributed by atoms with E-state index in [1.807, 2.05) is 0 Å². The van der Waals surface area contributed by atoms with E-state index in [9.17, 15) is 21.6 Å².